The predicted octanol–water partition coefficient (Wildman–Crippen LogP) is 3.61. The van der Waals surface area contributed by atoms with Crippen LogP contribution in [0.4, 0.5) is 0 Å². The van der Waals surface area contributed by atoms with Gasteiger partial charge in [0.1, 0.15) is 0 Å². The largest absolute Gasteiger partial charge is 0.393 e. The van der Waals surface area contributed by atoms with Crippen molar-refractivity contribution in [3.05, 3.63) is 0 Å². The molecule has 0 bridgehead atoms. The first-order valence-corrected chi connectivity index (χ1v) is 5.76. The molecule has 1 nitrogen and oxygen atoms in total. The summed E-state index contributed by atoms with van der Waals surface area (Å²) in [5.74, 6) is 1.26. The van der Waals surface area contributed by atoms with E-state index in [1.165, 1.54) is 19.3 Å². The van der Waals surface area contributed by atoms with Crippen LogP contribution in [0.5, 0.6) is 0 Å². The van der Waals surface area contributed by atoms with Crippen LogP contribution in [0.3, 0.4) is 0 Å². The highest BCUT2D eigenvalue weighted by Gasteiger charge is 2.12. The van der Waals surface area contributed by atoms with E-state index in [9.17, 15) is 5.11 Å². The summed E-state index contributed by atoms with van der Waals surface area (Å²) in [4.78, 5) is 0. The molecule has 0 radical (unpaired) electrons. The lowest BCUT2D eigenvalue weighted by atomic mass is 9.94. The lowest BCUT2D eigenvalue weighted by Gasteiger charge is -2.18. The third kappa shape index (κ3) is 7.06. The Balaban J connectivity index is 3.43. The van der Waals surface area contributed by atoms with E-state index in [4.69, 9.17) is 0 Å². The first kappa shape index (κ1) is 13.0. The van der Waals surface area contributed by atoms with Crippen molar-refractivity contribution in [3.8, 4) is 0 Å². The fourth-order valence-corrected chi connectivity index (χ4v) is 1.67. The molecule has 0 aliphatic carbocycles. The van der Waals surface area contributed by atoms with E-state index in [0.717, 1.165) is 18.8 Å². The Hall–Kier alpha value is -0.0400. The van der Waals surface area contributed by atoms with Crippen LogP contribution >= 0.6 is 0 Å². The summed E-state index contributed by atoms with van der Waals surface area (Å²) < 4.78 is 0. The molecule has 0 saturated carbocycles. The molecule has 1 N–H and O–H groups in total. The number of hydrogen-bond acceptors (Lipinski definition) is 1. The minimum Gasteiger partial charge on any atom is -0.393 e. The number of hydrogen-bond donors (Lipinski definition) is 1. The van der Waals surface area contributed by atoms with Crippen molar-refractivity contribution in [1.29, 1.82) is 0 Å². The van der Waals surface area contributed by atoms with Crippen molar-refractivity contribution >= 4 is 0 Å². The first-order valence-electron chi connectivity index (χ1n) is 5.76. The van der Waals surface area contributed by atoms with Crippen molar-refractivity contribution in [3.63, 3.8) is 0 Å². The SMILES string of the molecule is CCCC(C)C(O)CCCC(C)C. The lowest BCUT2D eigenvalue weighted by molar-refractivity contribution is 0.0988. The van der Waals surface area contributed by atoms with Crippen molar-refractivity contribution in [2.45, 2.75) is 65.9 Å². The second kappa shape index (κ2) is 7.37. The zero-order chi connectivity index (χ0) is 10.3. The van der Waals surface area contributed by atoms with E-state index in [2.05, 4.69) is 27.7 Å². The van der Waals surface area contributed by atoms with Gasteiger partial charge in [-0.05, 0) is 24.7 Å². The number of rotatable bonds is 7. The van der Waals surface area contributed by atoms with E-state index in [0.29, 0.717) is 5.92 Å². The third-order valence-corrected chi connectivity index (χ3v) is 2.68. The van der Waals surface area contributed by atoms with Crippen LogP contribution in [0.15, 0.2) is 0 Å². The molecule has 0 aromatic carbocycles. The van der Waals surface area contributed by atoms with Gasteiger partial charge in [-0.3, -0.25) is 0 Å². The number of aliphatic hydroxyl groups is 1. The standard InChI is InChI=1S/C12H26O/c1-5-7-11(4)12(13)9-6-8-10(2)3/h10-13H,5-9H2,1-4H3. The molecule has 0 fully saturated rings. The van der Waals surface area contributed by atoms with Crippen molar-refractivity contribution in [1.82, 2.24) is 0 Å². The maximum absolute atomic E-state index is 9.76. The lowest BCUT2D eigenvalue weighted by Crippen LogP contribution is -2.17. The summed E-state index contributed by atoms with van der Waals surface area (Å²) in [6, 6.07) is 0. The van der Waals surface area contributed by atoms with E-state index in [1.807, 2.05) is 0 Å². The summed E-state index contributed by atoms with van der Waals surface area (Å²) in [6.07, 6.45) is 5.67. The molecule has 0 heterocycles. The molecule has 0 aliphatic rings. The van der Waals surface area contributed by atoms with Gasteiger partial charge in [0, 0.05) is 0 Å². The van der Waals surface area contributed by atoms with Gasteiger partial charge in [-0.25, -0.2) is 0 Å². The van der Waals surface area contributed by atoms with Crippen molar-refractivity contribution in [2.24, 2.45) is 11.8 Å². The average Bonchev–Trinajstić information content (AvgIpc) is 2.04. The van der Waals surface area contributed by atoms with E-state index in [1.54, 1.807) is 0 Å². The minimum absolute atomic E-state index is 0.0706. The van der Waals surface area contributed by atoms with Crippen LogP contribution in [-0.2, 0) is 0 Å². The van der Waals surface area contributed by atoms with Gasteiger partial charge < -0.3 is 5.11 Å². The van der Waals surface area contributed by atoms with Gasteiger partial charge in [-0.15, -0.1) is 0 Å². The van der Waals surface area contributed by atoms with Crippen molar-refractivity contribution in [2.75, 3.05) is 0 Å². The smallest absolute Gasteiger partial charge is 0.0565 e. The summed E-state index contributed by atoms with van der Waals surface area (Å²) >= 11 is 0. The molecule has 0 aliphatic heterocycles. The second-order valence-corrected chi connectivity index (χ2v) is 4.66. The van der Waals surface area contributed by atoms with Gasteiger partial charge in [-0.2, -0.15) is 0 Å². The predicted molar refractivity (Wildman–Crippen MR) is 58.8 cm³/mol. The van der Waals surface area contributed by atoms with E-state index >= 15 is 0 Å². The molecule has 1 heteroatoms. The van der Waals surface area contributed by atoms with Crippen LogP contribution in [0.25, 0.3) is 0 Å². The normalized spacial score (nSPS) is 16.2. The highest BCUT2D eigenvalue weighted by molar-refractivity contribution is 4.64. The fourth-order valence-electron chi connectivity index (χ4n) is 1.67. The molecule has 2 atom stereocenters. The molecule has 0 aromatic heterocycles. The highest BCUT2D eigenvalue weighted by atomic mass is 16.3. The minimum atomic E-state index is -0.0706. The Morgan fingerprint density at radius 3 is 2.08 bits per heavy atom. The van der Waals surface area contributed by atoms with Gasteiger partial charge >= 0.3 is 0 Å². The monoisotopic (exact) mass is 186 g/mol. The molecule has 0 spiro atoms. The van der Waals surface area contributed by atoms with Gasteiger partial charge in [0.2, 0.25) is 0 Å². The summed E-state index contributed by atoms with van der Waals surface area (Å²) in [5, 5.41) is 9.76. The fraction of sp³-hybridized carbons (Fsp3) is 1.00. The highest BCUT2D eigenvalue weighted by Crippen LogP contribution is 2.17. The molecule has 2 unspecified atom stereocenters. The quantitative estimate of drug-likeness (QED) is 0.644. The molecule has 0 aromatic rings. The third-order valence-electron chi connectivity index (χ3n) is 2.68. The Labute approximate surface area is 83.5 Å². The van der Waals surface area contributed by atoms with E-state index in [-0.39, 0.29) is 6.10 Å². The second-order valence-electron chi connectivity index (χ2n) is 4.66. The van der Waals surface area contributed by atoms with Gasteiger partial charge in [0.05, 0.1) is 6.10 Å². The summed E-state index contributed by atoms with van der Waals surface area (Å²) in [6.45, 7) is 8.81. The summed E-state index contributed by atoms with van der Waals surface area (Å²) in [5.41, 5.74) is 0. The maximum atomic E-state index is 9.76. The molecule has 0 saturated heterocycles. The molecular weight excluding hydrogens is 160 g/mol. The van der Waals surface area contributed by atoms with Crippen molar-refractivity contribution < 1.29 is 5.11 Å². The van der Waals surface area contributed by atoms with Crippen LogP contribution in [0.2, 0.25) is 0 Å². The Kier molecular flexibility index (Phi) is 7.35. The first-order chi connectivity index (χ1) is 6.07. The Morgan fingerprint density at radius 1 is 1.00 bits per heavy atom. The van der Waals surface area contributed by atoms with Crippen LogP contribution < -0.4 is 0 Å². The molecular formula is C12H26O. The number of aliphatic hydroxyl groups excluding tert-OH is 1. The Morgan fingerprint density at radius 2 is 1.62 bits per heavy atom. The van der Waals surface area contributed by atoms with Gasteiger partial charge in [0.15, 0.2) is 0 Å². The zero-order valence-electron chi connectivity index (χ0n) is 9.71. The molecule has 13 heavy (non-hydrogen) atoms. The Bertz CT molecular complexity index is 110. The van der Waals surface area contributed by atoms with Crippen LogP contribution in [0.1, 0.15) is 59.8 Å². The van der Waals surface area contributed by atoms with E-state index < -0.39 is 0 Å². The molecule has 0 amide bonds. The van der Waals surface area contributed by atoms with Gasteiger partial charge in [-0.1, -0.05) is 47.0 Å². The maximum Gasteiger partial charge on any atom is 0.0565 e. The summed E-state index contributed by atoms with van der Waals surface area (Å²) in [7, 11) is 0. The van der Waals surface area contributed by atoms with Crippen LogP contribution in [0, 0.1) is 11.8 Å². The molecule has 0 rings (SSSR count). The average molecular weight is 186 g/mol. The topological polar surface area (TPSA) is 20.2 Å². The zero-order valence-corrected chi connectivity index (χ0v) is 9.71. The molecule has 80 valence electrons. The van der Waals surface area contributed by atoms with Gasteiger partial charge in [0.25, 0.3) is 0 Å². The van der Waals surface area contributed by atoms with Crippen LogP contribution in [-0.4, -0.2) is 11.2 Å².